The number of unbranched alkanes of at least 4 members (excludes halogenated alkanes) is 6. The Morgan fingerprint density at radius 3 is 1.00 bits per heavy atom. The molecule has 0 bridgehead atoms. The summed E-state index contributed by atoms with van der Waals surface area (Å²) in [5.41, 5.74) is 1.58. The van der Waals surface area contributed by atoms with Gasteiger partial charge in [-0.2, -0.15) is 0 Å². The summed E-state index contributed by atoms with van der Waals surface area (Å²) < 4.78 is 0. The van der Waals surface area contributed by atoms with Gasteiger partial charge in [-0.3, -0.25) is 0 Å². The number of hydrogen-bond acceptors (Lipinski definition) is 0. The molecule has 0 spiro atoms. The smallest absolute Gasteiger partial charge is 0.0571 e. The molecule has 0 N–H and O–H groups in total. The third kappa shape index (κ3) is 28.7. The predicted octanol–water partition coefficient (Wildman–Crippen LogP) is 11.1. The van der Waals surface area contributed by atoms with Gasteiger partial charge in [-0.1, -0.05) is 91.9 Å². The second-order valence-corrected chi connectivity index (χ2v) is 16.0. The molecule has 1 aromatic rings. The molecule has 0 atom stereocenters. The molecule has 0 aromatic heterocycles. The average molecular weight is 729 g/mol. The number of rotatable bonds is 18. The van der Waals surface area contributed by atoms with Crippen LogP contribution in [0, 0.1) is 24.7 Å². The summed E-state index contributed by atoms with van der Waals surface area (Å²) in [6.07, 6.45) is 38.7. The minimum Gasteiger partial charge on any atom is -0.115 e. The van der Waals surface area contributed by atoms with Crippen molar-refractivity contribution >= 4 is 15.8 Å². The summed E-state index contributed by atoms with van der Waals surface area (Å²) in [5.74, 6) is 4.75. The molecule has 0 amide bonds. The maximum absolute atomic E-state index is 6.77. The van der Waals surface area contributed by atoms with Crippen molar-refractivity contribution in [1.82, 2.24) is 0 Å². The van der Waals surface area contributed by atoms with Gasteiger partial charge in [0.25, 0.3) is 0 Å². The third-order valence-electron chi connectivity index (χ3n) is 6.50. The van der Waals surface area contributed by atoms with E-state index >= 15 is 0 Å². The fraction of sp³-hybridized carbons (Fsp3) is 0.706. The van der Waals surface area contributed by atoms with Crippen molar-refractivity contribution in [3.05, 3.63) is 41.8 Å². The first-order chi connectivity index (χ1) is 17.6. The molecule has 1 radical (unpaired) electrons. The molecule has 0 heterocycles. The van der Waals surface area contributed by atoms with E-state index in [2.05, 4.69) is 53.4 Å². The Balaban J connectivity index is -0.000000224. The van der Waals surface area contributed by atoms with Gasteiger partial charge in [0.2, 0.25) is 0 Å². The van der Waals surface area contributed by atoms with E-state index in [4.69, 9.17) is 12.8 Å². The van der Waals surface area contributed by atoms with Crippen molar-refractivity contribution in [2.24, 2.45) is 0 Å². The average Bonchev–Trinajstić information content (AvgIpc) is 2.93. The van der Waals surface area contributed by atoms with Gasteiger partial charge in [0.05, 0.1) is 37.0 Å². The Morgan fingerprint density at radius 2 is 0.811 bits per heavy atom. The fourth-order valence-corrected chi connectivity index (χ4v) is 10.6. The minimum atomic E-state index is 0. The van der Waals surface area contributed by atoms with E-state index in [9.17, 15) is 0 Å². The van der Waals surface area contributed by atoms with Crippen LogP contribution in [-0.2, 0) is 21.1 Å². The molecule has 1 rings (SSSR count). The van der Waals surface area contributed by atoms with Gasteiger partial charge in [-0.25, -0.2) is 0 Å². The molecule has 0 fully saturated rings. The molecule has 0 saturated carbocycles. The Labute approximate surface area is 253 Å². The number of hydrogen-bond donors (Lipinski definition) is 0. The molecule has 0 unspecified atom stereocenters. The van der Waals surface area contributed by atoms with Crippen LogP contribution < -0.4 is 0 Å². The zero-order valence-corrected chi connectivity index (χ0v) is 29.7. The van der Waals surface area contributed by atoms with Gasteiger partial charge in [-0.15, -0.1) is 6.42 Å². The third-order valence-corrected chi connectivity index (χ3v) is 12.9. The van der Waals surface area contributed by atoms with Gasteiger partial charge >= 0.3 is 0 Å². The van der Waals surface area contributed by atoms with Crippen LogP contribution in [0.1, 0.15) is 131 Å². The van der Waals surface area contributed by atoms with Crippen LogP contribution in [0.4, 0.5) is 0 Å². The van der Waals surface area contributed by atoms with Crippen molar-refractivity contribution in [2.75, 3.05) is 37.0 Å². The van der Waals surface area contributed by atoms with E-state index in [-0.39, 0.29) is 38.3 Å². The first-order valence-electron chi connectivity index (χ1n) is 15.2. The summed E-state index contributed by atoms with van der Waals surface area (Å²) in [6.45, 7) is 13.9. The Bertz CT molecular complexity index is 553. The molecule has 37 heavy (non-hydrogen) atoms. The minimum absolute atomic E-state index is 0. The molecule has 3 heteroatoms. The van der Waals surface area contributed by atoms with Gasteiger partial charge in [0.15, 0.2) is 0 Å². The fourth-order valence-electron chi connectivity index (χ4n) is 3.96. The first kappa shape index (κ1) is 41.4. The SMILES string of the molecule is CCCC[PH+](CCCC)CCCC.CCCC[PH+](CCCC)CCCC.[C]#Cc1ccc(C#C)cc1.[HH].[Pt]. The summed E-state index contributed by atoms with van der Waals surface area (Å²) in [6, 6.07) is 7.11. The van der Waals surface area contributed by atoms with E-state index in [0.717, 1.165) is 11.1 Å². The van der Waals surface area contributed by atoms with Crippen LogP contribution in [0.5, 0.6) is 0 Å². The van der Waals surface area contributed by atoms with Gasteiger partial charge in [-0.05, 0) is 69.2 Å². The second-order valence-electron chi connectivity index (χ2n) is 9.97. The summed E-state index contributed by atoms with van der Waals surface area (Å²) in [4.78, 5) is 0. The summed E-state index contributed by atoms with van der Waals surface area (Å²) in [7, 11) is 0.135. The zero-order chi connectivity index (χ0) is 27.3. The van der Waals surface area contributed by atoms with Crippen molar-refractivity contribution in [2.45, 2.75) is 119 Å². The van der Waals surface area contributed by atoms with Crippen LogP contribution in [0.25, 0.3) is 0 Å². The van der Waals surface area contributed by atoms with E-state index in [1.807, 2.05) is 0 Å². The van der Waals surface area contributed by atoms with Crippen molar-refractivity contribution in [3.63, 3.8) is 0 Å². The first-order valence-corrected chi connectivity index (χ1v) is 19.5. The molecule has 0 aliphatic heterocycles. The quantitative estimate of drug-likeness (QED) is 0.104. The summed E-state index contributed by atoms with van der Waals surface area (Å²) >= 11 is 0. The van der Waals surface area contributed by atoms with Crippen LogP contribution in [0.15, 0.2) is 24.3 Å². The molecule has 0 nitrogen and oxygen atoms in total. The van der Waals surface area contributed by atoms with Crippen molar-refractivity contribution in [3.8, 4) is 18.3 Å². The molecule has 0 aliphatic carbocycles. The second kappa shape index (κ2) is 33.9. The van der Waals surface area contributed by atoms with Crippen LogP contribution in [0.2, 0.25) is 0 Å². The van der Waals surface area contributed by atoms with Gasteiger partial charge in [0.1, 0.15) is 0 Å². The standard InChI is InChI=1S/2C12H27P.C10H5.Pt.H2/c2*1-4-7-10-13(11-8-5-2)12-9-6-3;1-3-9-5-7-10(4-2)8-6-9;;/h2*4-12H2,1-3H3;1,5-8H;;1H/p+2. The molecule has 1 aromatic carbocycles. The monoisotopic (exact) mass is 728 g/mol. The summed E-state index contributed by atoms with van der Waals surface area (Å²) in [5, 5.41) is 0. The van der Waals surface area contributed by atoms with Gasteiger partial charge in [0, 0.05) is 49.5 Å². The molecular weight excluding hydrogens is 665 g/mol. The van der Waals surface area contributed by atoms with E-state index < -0.39 is 0 Å². The van der Waals surface area contributed by atoms with Crippen LogP contribution >= 0.6 is 15.8 Å². The molecular formula is C34H63P2Pt+2. The van der Waals surface area contributed by atoms with Gasteiger partial charge < -0.3 is 0 Å². The number of terminal acetylenes is 1. The van der Waals surface area contributed by atoms with E-state index in [1.54, 1.807) is 61.2 Å². The van der Waals surface area contributed by atoms with Crippen molar-refractivity contribution < 1.29 is 22.5 Å². The zero-order valence-electron chi connectivity index (χ0n) is 25.4. The molecule has 0 saturated heterocycles. The normalized spacial score (nSPS) is 9.89. The maximum Gasteiger partial charge on any atom is 0.0571 e. The predicted molar refractivity (Wildman–Crippen MR) is 178 cm³/mol. The Morgan fingerprint density at radius 1 is 0.568 bits per heavy atom. The molecule has 217 valence electrons. The Hall–Kier alpha value is -0.112. The van der Waals surface area contributed by atoms with Crippen molar-refractivity contribution in [1.29, 1.82) is 0 Å². The van der Waals surface area contributed by atoms with Crippen LogP contribution in [0.3, 0.4) is 0 Å². The molecule has 0 aliphatic rings. The van der Waals surface area contributed by atoms with Crippen LogP contribution in [-0.4, -0.2) is 37.0 Å². The van der Waals surface area contributed by atoms with E-state index in [1.165, 1.54) is 77.0 Å². The number of benzene rings is 1. The Kier molecular flexibility index (Phi) is 37.9. The largest absolute Gasteiger partial charge is 0.115 e. The maximum atomic E-state index is 6.77. The topological polar surface area (TPSA) is 0 Å². The van der Waals surface area contributed by atoms with E-state index in [0.29, 0.717) is 0 Å².